The molecule has 28 heavy (non-hydrogen) atoms. The zero-order chi connectivity index (χ0) is 20.3. The molecule has 0 spiro atoms. The number of aryl methyl sites for hydroxylation is 1. The minimum atomic E-state index is -3.09. The molecule has 148 valence electrons. The molecule has 0 aliphatic heterocycles. The first-order valence-corrected chi connectivity index (χ1v) is 9.26. The lowest BCUT2D eigenvalue weighted by molar-refractivity contribution is 0.353. The summed E-state index contributed by atoms with van der Waals surface area (Å²) < 4.78 is 48.0. The van der Waals surface area contributed by atoms with Gasteiger partial charge in [0.15, 0.2) is 23.0 Å². The highest BCUT2D eigenvalue weighted by Crippen LogP contribution is 2.40. The van der Waals surface area contributed by atoms with Crippen molar-refractivity contribution in [2.45, 2.75) is 6.92 Å². The molecule has 9 heteroatoms. The summed E-state index contributed by atoms with van der Waals surface area (Å²) in [7, 11) is 1.47. The first-order valence-electron chi connectivity index (χ1n) is 8.16. The SMILES string of the molecule is COc1ccc(-c2conc2-c2cc(C)c(OC)c(OC)c2)cc1O[SH](=O)=O. The van der Waals surface area contributed by atoms with Gasteiger partial charge in [-0.2, -0.15) is 8.42 Å². The fraction of sp³-hybridized carbons (Fsp3) is 0.211. The van der Waals surface area contributed by atoms with Crippen molar-refractivity contribution in [2.24, 2.45) is 0 Å². The van der Waals surface area contributed by atoms with Crippen LogP contribution in [0.4, 0.5) is 0 Å². The second-order valence-corrected chi connectivity index (χ2v) is 6.42. The number of benzene rings is 2. The molecule has 0 unspecified atom stereocenters. The van der Waals surface area contributed by atoms with Crippen LogP contribution in [-0.4, -0.2) is 34.9 Å². The van der Waals surface area contributed by atoms with E-state index in [-0.39, 0.29) is 5.75 Å². The maximum absolute atomic E-state index is 11.0. The molecule has 0 fully saturated rings. The van der Waals surface area contributed by atoms with Crippen LogP contribution in [0.5, 0.6) is 23.0 Å². The normalized spacial score (nSPS) is 10.8. The molecule has 0 saturated heterocycles. The van der Waals surface area contributed by atoms with Crippen molar-refractivity contribution in [1.29, 1.82) is 0 Å². The molecule has 0 aliphatic rings. The second-order valence-electron chi connectivity index (χ2n) is 5.79. The Hall–Kier alpha value is -3.20. The van der Waals surface area contributed by atoms with Gasteiger partial charge in [0.25, 0.3) is 11.0 Å². The molecular weight excluding hydrogens is 386 g/mol. The van der Waals surface area contributed by atoms with Crippen molar-refractivity contribution < 1.29 is 31.3 Å². The summed E-state index contributed by atoms with van der Waals surface area (Å²) >= 11 is 0. The van der Waals surface area contributed by atoms with Crippen molar-refractivity contribution in [3.8, 4) is 45.4 Å². The third-order valence-corrected chi connectivity index (χ3v) is 4.50. The van der Waals surface area contributed by atoms with Gasteiger partial charge < -0.3 is 22.9 Å². The Kier molecular flexibility index (Phi) is 5.74. The van der Waals surface area contributed by atoms with Gasteiger partial charge in [-0.25, -0.2) is 0 Å². The molecule has 1 aromatic heterocycles. The molecule has 0 bridgehead atoms. The van der Waals surface area contributed by atoms with E-state index in [2.05, 4.69) is 5.16 Å². The number of hydrogen-bond donors (Lipinski definition) is 1. The van der Waals surface area contributed by atoms with Gasteiger partial charge in [0, 0.05) is 11.1 Å². The van der Waals surface area contributed by atoms with Gasteiger partial charge >= 0.3 is 0 Å². The molecule has 0 N–H and O–H groups in total. The number of rotatable bonds is 7. The average molecular weight is 405 g/mol. The Morgan fingerprint density at radius 3 is 2.25 bits per heavy atom. The summed E-state index contributed by atoms with van der Waals surface area (Å²) in [6.45, 7) is 1.90. The lowest BCUT2D eigenvalue weighted by Crippen LogP contribution is -1.96. The highest BCUT2D eigenvalue weighted by molar-refractivity contribution is 7.67. The van der Waals surface area contributed by atoms with Crippen LogP contribution in [0.25, 0.3) is 22.4 Å². The summed E-state index contributed by atoms with van der Waals surface area (Å²) in [5, 5.41) is 4.11. The van der Waals surface area contributed by atoms with Crippen LogP contribution in [0.2, 0.25) is 0 Å². The highest BCUT2D eigenvalue weighted by atomic mass is 32.2. The third kappa shape index (κ3) is 3.74. The van der Waals surface area contributed by atoms with Crippen LogP contribution >= 0.6 is 0 Å². The van der Waals surface area contributed by atoms with Gasteiger partial charge in [-0.05, 0) is 42.3 Å². The molecule has 3 aromatic rings. The fourth-order valence-corrected chi connectivity index (χ4v) is 3.24. The van der Waals surface area contributed by atoms with E-state index in [1.54, 1.807) is 38.5 Å². The Bertz CT molecular complexity index is 1060. The van der Waals surface area contributed by atoms with Gasteiger partial charge in [0.1, 0.15) is 12.0 Å². The van der Waals surface area contributed by atoms with E-state index in [4.69, 9.17) is 22.9 Å². The molecule has 1 heterocycles. The first kappa shape index (κ1) is 19.6. The number of thiol groups is 1. The van der Waals surface area contributed by atoms with E-state index >= 15 is 0 Å². The molecule has 0 saturated carbocycles. The number of hydrogen-bond acceptors (Lipinski definition) is 8. The summed E-state index contributed by atoms with van der Waals surface area (Å²) in [5.74, 6) is 1.57. The minimum Gasteiger partial charge on any atom is -0.493 e. The molecule has 8 nitrogen and oxygen atoms in total. The monoisotopic (exact) mass is 405 g/mol. The van der Waals surface area contributed by atoms with E-state index in [9.17, 15) is 8.42 Å². The van der Waals surface area contributed by atoms with Gasteiger partial charge in [-0.3, -0.25) is 0 Å². The molecule has 0 aliphatic carbocycles. The molecule has 0 amide bonds. The van der Waals surface area contributed by atoms with Crippen LogP contribution < -0.4 is 18.4 Å². The molecule has 0 atom stereocenters. The first-order chi connectivity index (χ1) is 13.5. The van der Waals surface area contributed by atoms with E-state index in [1.165, 1.54) is 13.4 Å². The van der Waals surface area contributed by atoms with E-state index in [0.717, 1.165) is 11.1 Å². The Morgan fingerprint density at radius 2 is 1.61 bits per heavy atom. The lowest BCUT2D eigenvalue weighted by atomic mass is 9.99. The third-order valence-electron chi connectivity index (χ3n) is 4.16. The quantitative estimate of drug-likeness (QED) is 0.599. The maximum atomic E-state index is 11.0. The number of nitrogens with zero attached hydrogens (tertiary/aromatic N) is 1. The Labute approximate surface area is 163 Å². The largest absolute Gasteiger partial charge is 0.493 e. The van der Waals surface area contributed by atoms with Crippen molar-refractivity contribution in [3.63, 3.8) is 0 Å². The Morgan fingerprint density at radius 1 is 0.893 bits per heavy atom. The molecule has 3 rings (SSSR count). The summed E-state index contributed by atoms with van der Waals surface area (Å²) in [5.41, 5.74) is 3.49. The summed E-state index contributed by atoms with van der Waals surface area (Å²) in [4.78, 5) is 0. The van der Waals surface area contributed by atoms with E-state index < -0.39 is 11.0 Å². The van der Waals surface area contributed by atoms with Crippen LogP contribution in [0.1, 0.15) is 5.56 Å². The van der Waals surface area contributed by atoms with Crippen molar-refractivity contribution in [1.82, 2.24) is 5.16 Å². The molecular formula is C19H19NO7S. The van der Waals surface area contributed by atoms with Gasteiger partial charge in [0.2, 0.25) is 0 Å². The Balaban J connectivity index is 2.12. The van der Waals surface area contributed by atoms with Crippen LogP contribution in [0, 0.1) is 6.92 Å². The smallest absolute Gasteiger partial charge is 0.299 e. The lowest BCUT2D eigenvalue weighted by Gasteiger charge is -2.13. The van der Waals surface area contributed by atoms with Gasteiger partial charge in [-0.1, -0.05) is 11.2 Å². The van der Waals surface area contributed by atoms with Crippen LogP contribution in [0.15, 0.2) is 41.1 Å². The van der Waals surface area contributed by atoms with Crippen molar-refractivity contribution in [3.05, 3.63) is 42.2 Å². The van der Waals surface area contributed by atoms with Crippen LogP contribution in [-0.2, 0) is 11.0 Å². The van der Waals surface area contributed by atoms with E-state index in [1.807, 2.05) is 13.0 Å². The zero-order valence-electron chi connectivity index (χ0n) is 15.7. The van der Waals surface area contributed by atoms with Gasteiger partial charge in [0.05, 0.1) is 21.3 Å². The summed E-state index contributed by atoms with van der Waals surface area (Å²) in [6.07, 6.45) is 1.48. The molecule has 0 radical (unpaired) electrons. The average Bonchev–Trinajstić information content (AvgIpc) is 3.16. The van der Waals surface area contributed by atoms with E-state index in [0.29, 0.717) is 34.1 Å². The standard InChI is InChI=1S/C19H19NO7S/c1-11-7-13(9-17(24-3)19(11)25-4)18-14(10-26-20-18)12-5-6-15(23-2)16(8-12)27-28(21)22/h5-10,28H,1-4H3. The highest BCUT2D eigenvalue weighted by Gasteiger charge is 2.18. The van der Waals surface area contributed by atoms with Gasteiger partial charge in [-0.15, -0.1) is 0 Å². The van der Waals surface area contributed by atoms with Crippen molar-refractivity contribution >= 4 is 11.0 Å². The maximum Gasteiger partial charge on any atom is 0.299 e. The number of aromatic nitrogens is 1. The summed E-state index contributed by atoms with van der Waals surface area (Å²) in [6, 6.07) is 8.61. The zero-order valence-corrected chi connectivity index (χ0v) is 16.6. The predicted molar refractivity (Wildman–Crippen MR) is 103 cm³/mol. The predicted octanol–water partition coefficient (Wildman–Crippen LogP) is 3.25. The minimum absolute atomic E-state index is 0.0757. The number of methoxy groups -OCH3 is 3. The van der Waals surface area contributed by atoms with Crippen molar-refractivity contribution in [2.75, 3.05) is 21.3 Å². The second kappa shape index (κ2) is 8.22. The fourth-order valence-electron chi connectivity index (χ4n) is 2.94. The topological polar surface area (TPSA) is 97.1 Å². The van der Waals surface area contributed by atoms with Crippen LogP contribution in [0.3, 0.4) is 0 Å². The molecule has 2 aromatic carbocycles. The number of ether oxygens (including phenoxy) is 3.